The minimum Gasteiger partial charge on any atom is -0.481 e. The topological polar surface area (TPSA) is 50.4 Å². The summed E-state index contributed by atoms with van der Waals surface area (Å²) in [6, 6.07) is 7.56. The van der Waals surface area contributed by atoms with E-state index in [4.69, 9.17) is 9.52 Å². The van der Waals surface area contributed by atoms with E-state index in [1.165, 1.54) is 0 Å². The molecule has 0 aliphatic carbocycles. The Morgan fingerprint density at radius 2 is 2.00 bits per heavy atom. The van der Waals surface area contributed by atoms with Gasteiger partial charge in [-0.25, -0.2) is 0 Å². The van der Waals surface area contributed by atoms with Gasteiger partial charge in [0.25, 0.3) is 0 Å². The van der Waals surface area contributed by atoms with Crippen LogP contribution in [0.5, 0.6) is 0 Å². The molecule has 1 heterocycles. The van der Waals surface area contributed by atoms with Crippen LogP contribution in [-0.4, -0.2) is 11.1 Å². The van der Waals surface area contributed by atoms with Crippen LogP contribution in [0.3, 0.4) is 0 Å². The van der Waals surface area contributed by atoms with Crippen molar-refractivity contribution in [3.63, 3.8) is 0 Å². The van der Waals surface area contributed by atoms with Gasteiger partial charge in [-0.3, -0.25) is 4.79 Å². The molecule has 2 rings (SSSR count). The average molecular weight is 232 g/mol. The van der Waals surface area contributed by atoms with Crippen molar-refractivity contribution in [2.24, 2.45) is 0 Å². The monoisotopic (exact) mass is 232 g/mol. The molecule has 0 saturated heterocycles. The van der Waals surface area contributed by atoms with Crippen molar-refractivity contribution in [1.29, 1.82) is 0 Å². The molecule has 3 heteroatoms. The Morgan fingerprint density at radius 1 is 1.29 bits per heavy atom. The third-order valence-corrected chi connectivity index (χ3v) is 2.68. The van der Waals surface area contributed by atoms with Gasteiger partial charge in [0.2, 0.25) is 0 Å². The van der Waals surface area contributed by atoms with E-state index in [2.05, 4.69) is 20.8 Å². The van der Waals surface area contributed by atoms with Gasteiger partial charge in [0.05, 0.1) is 6.42 Å². The molecule has 1 aromatic carbocycles. The van der Waals surface area contributed by atoms with E-state index >= 15 is 0 Å². The van der Waals surface area contributed by atoms with Crippen molar-refractivity contribution in [2.45, 2.75) is 32.6 Å². The first kappa shape index (κ1) is 11.7. The number of hydrogen-bond donors (Lipinski definition) is 1. The maximum Gasteiger partial charge on any atom is 0.307 e. The van der Waals surface area contributed by atoms with Gasteiger partial charge >= 0.3 is 5.97 Å². The first-order valence-electron chi connectivity index (χ1n) is 5.61. The smallest absolute Gasteiger partial charge is 0.307 e. The third-order valence-electron chi connectivity index (χ3n) is 2.68. The molecule has 0 aliphatic heterocycles. The van der Waals surface area contributed by atoms with E-state index in [1.54, 1.807) is 6.07 Å². The van der Waals surface area contributed by atoms with E-state index in [9.17, 15) is 4.79 Å². The largest absolute Gasteiger partial charge is 0.481 e. The third kappa shape index (κ3) is 2.49. The van der Waals surface area contributed by atoms with E-state index < -0.39 is 5.97 Å². The van der Waals surface area contributed by atoms with Crippen LogP contribution >= 0.6 is 0 Å². The fourth-order valence-electron chi connectivity index (χ4n) is 1.73. The summed E-state index contributed by atoms with van der Waals surface area (Å²) in [5.74, 6) is 0.0897. The molecule has 0 bridgehead atoms. The van der Waals surface area contributed by atoms with Gasteiger partial charge in [-0.15, -0.1) is 0 Å². The molecule has 0 atom stereocenters. The lowest BCUT2D eigenvalue weighted by molar-refractivity contribution is -0.136. The number of hydrogen-bond acceptors (Lipinski definition) is 2. The fraction of sp³-hybridized carbons (Fsp3) is 0.357. The van der Waals surface area contributed by atoms with Crippen molar-refractivity contribution in [1.82, 2.24) is 0 Å². The summed E-state index contributed by atoms with van der Waals surface area (Å²) in [7, 11) is 0. The lowest BCUT2D eigenvalue weighted by Gasteiger charge is -2.13. The van der Waals surface area contributed by atoms with Crippen molar-refractivity contribution < 1.29 is 14.3 Å². The highest BCUT2D eigenvalue weighted by atomic mass is 16.4. The molecule has 0 radical (unpaired) electrons. The fourth-order valence-corrected chi connectivity index (χ4v) is 1.73. The summed E-state index contributed by atoms with van der Waals surface area (Å²) >= 11 is 0. The SMILES string of the molecule is CC(C)(C)c1cc2ccc(CC(=O)O)cc2o1. The van der Waals surface area contributed by atoms with Crippen LogP contribution in [0.4, 0.5) is 0 Å². The Bertz CT molecular complexity index is 558. The van der Waals surface area contributed by atoms with Crippen LogP contribution in [0, 0.1) is 0 Å². The number of furan rings is 1. The second-order valence-corrected chi connectivity index (χ2v) is 5.30. The number of rotatable bonds is 2. The average Bonchev–Trinajstić information content (AvgIpc) is 2.58. The number of aliphatic carboxylic acids is 1. The second-order valence-electron chi connectivity index (χ2n) is 5.30. The molecular formula is C14H16O3. The lowest BCUT2D eigenvalue weighted by atomic mass is 9.93. The summed E-state index contributed by atoms with van der Waals surface area (Å²) in [5.41, 5.74) is 1.49. The molecule has 0 saturated carbocycles. The molecule has 0 fully saturated rings. The summed E-state index contributed by atoms with van der Waals surface area (Å²) in [6.07, 6.45) is 0.0293. The lowest BCUT2D eigenvalue weighted by Crippen LogP contribution is -2.08. The van der Waals surface area contributed by atoms with Gasteiger partial charge < -0.3 is 9.52 Å². The zero-order valence-electron chi connectivity index (χ0n) is 10.3. The van der Waals surface area contributed by atoms with Gasteiger partial charge in [0, 0.05) is 10.8 Å². The van der Waals surface area contributed by atoms with Crippen molar-refractivity contribution in [2.75, 3.05) is 0 Å². The van der Waals surface area contributed by atoms with Crippen molar-refractivity contribution >= 4 is 16.9 Å². The Hall–Kier alpha value is -1.77. The molecule has 0 unspecified atom stereocenters. The predicted molar refractivity (Wildman–Crippen MR) is 66.3 cm³/mol. The molecule has 0 amide bonds. The molecule has 2 aromatic rings. The van der Waals surface area contributed by atoms with Gasteiger partial charge in [-0.1, -0.05) is 32.9 Å². The molecular weight excluding hydrogens is 216 g/mol. The second kappa shape index (κ2) is 3.91. The Morgan fingerprint density at radius 3 is 2.59 bits per heavy atom. The predicted octanol–water partition coefficient (Wildman–Crippen LogP) is 3.36. The van der Waals surface area contributed by atoms with E-state index in [0.717, 1.165) is 22.3 Å². The number of carbonyl (C=O) groups is 1. The number of fused-ring (bicyclic) bond motifs is 1. The van der Waals surface area contributed by atoms with Gasteiger partial charge in [0.1, 0.15) is 11.3 Å². The van der Waals surface area contributed by atoms with Crippen LogP contribution in [-0.2, 0) is 16.6 Å². The standard InChI is InChI=1S/C14H16O3/c1-14(2,3)12-8-10-5-4-9(7-13(15)16)6-11(10)17-12/h4-6,8H,7H2,1-3H3,(H,15,16). The quantitative estimate of drug-likeness (QED) is 0.863. The van der Waals surface area contributed by atoms with Crippen LogP contribution in [0.1, 0.15) is 32.1 Å². The highest BCUT2D eigenvalue weighted by molar-refractivity contribution is 5.80. The first-order valence-corrected chi connectivity index (χ1v) is 5.61. The number of carboxylic acids is 1. The van der Waals surface area contributed by atoms with E-state index in [0.29, 0.717) is 0 Å². The Balaban J connectivity index is 2.44. The minimum atomic E-state index is -0.827. The van der Waals surface area contributed by atoms with Crippen LogP contribution in [0.25, 0.3) is 11.0 Å². The van der Waals surface area contributed by atoms with Gasteiger partial charge in [-0.2, -0.15) is 0 Å². The minimum absolute atomic E-state index is 0.0293. The van der Waals surface area contributed by atoms with Crippen molar-refractivity contribution in [3.8, 4) is 0 Å². The normalized spacial score (nSPS) is 11.9. The highest BCUT2D eigenvalue weighted by Gasteiger charge is 2.18. The van der Waals surface area contributed by atoms with Crippen LogP contribution in [0.15, 0.2) is 28.7 Å². The molecule has 1 aromatic heterocycles. The first-order chi connectivity index (χ1) is 7.86. The zero-order chi connectivity index (χ0) is 12.6. The molecule has 3 nitrogen and oxygen atoms in total. The molecule has 0 aliphatic rings. The maximum absolute atomic E-state index is 10.6. The molecule has 1 N–H and O–H groups in total. The molecule has 90 valence electrons. The number of carboxylic acid groups (broad SMARTS) is 1. The van der Waals surface area contributed by atoms with Crippen molar-refractivity contribution in [3.05, 3.63) is 35.6 Å². The maximum atomic E-state index is 10.6. The van der Waals surface area contributed by atoms with Crippen LogP contribution < -0.4 is 0 Å². The summed E-state index contributed by atoms with van der Waals surface area (Å²) in [6.45, 7) is 6.26. The summed E-state index contributed by atoms with van der Waals surface area (Å²) in [5, 5.41) is 9.76. The Labute approximate surface area is 100 Å². The summed E-state index contributed by atoms with van der Waals surface area (Å²) in [4.78, 5) is 10.6. The summed E-state index contributed by atoms with van der Waals surface area (Å²) < 4.78 is 5.76. The van der Waals surface area contributed by atoms with Gasteiger partial charge in [-0.05, 0) is 17.7 Å². The van der Waals surface area contributed by atoms with E-state index in [1.807, 2.05) is 18.2 Å². The zero-order valence-corrected chi connectivity index (χ0v) is 10.3. The molecule has 0 spiro atoms. The van der Waals surface area contributed by atoms with E-state index in [-0.39, 0.29) is 11.8 Å². The Kier molecular flexibility index (Phi) is 2.69. The molecule has 17 heavy (non-hydrogen) atoms. The van der Waals surface area contributed by atoms with Crippen LogP contribution in [0.2, 0.25) is 0 Å². The van der Waals surface area contributed by atoms with Gasteiger partial charge in [0.15, 0.2) is 0 Å². The number of benzene rings is 1. The highest BCUT2D eigenvalue weighted by Crippen LogP contribution is 2.29.